The highest BCUT2D eigenvalue weighted by molar-refractivity contribution is 6.30. The van der Waals surface area contributed by atoms with Gasteiger partial charge in [-0.15, -0.1) is 0 Å². The molecule has 1 aliphatic rings. The number of aromatic nitrogens is 2. The predicted octanol–water partition coefficient (Wildman–Crippen LogP) is 4.75. The van der Waals surface area contributed by atoms with E-state index in [0.29, 0.717) is 0 Å². The summed E-state index contributed by atoms with van der Waals surface area (Å²) in [5.74, 6) is 0.346. The fourth-order valence-corrected chi connectivity index (χ4v) is 4.05. The molecule has 0 radical (unpaired) electrons. The molecule has 4 rings (SSSR count). The summed E-state index contributed by atoms with van der Waals surface area (Å²) in [7, 11) is 1.87. The largest absolute Gasteiger partial charge is 0.486 e. The van der Waals surface area contributed by atoms with Gasteiger partial charge in [0.25, 0.3) is 0 Å². The van der Waals surface area contributed by atoms with Crippen molar-refractivity contribution in [1.29, 1.82) is 0 Å². The molecule has 28 heavy (non-hydrogen) atoms. The lowest BCUT2D eigenvalue weighted by atomic mass is 9.94. The van der Waals surface area contributed by atoms with E-state index in [1.165, 1.54) is 11.1 Å². The first-order chi connectivity index (χ1) is 13.5. The van der Waals surface area contributed by atoms with Crippen molar-refractivity contribution in [1.82, 2.24) is 9.55 Å². The molecule has 144 valence electrons. The van der Waals surface area contributed by atoms with E-state index in [-0.39, 0.29) is 18.4 Å². The van der Waals surface area contributed by atoms with Crippen LogP contribution in [-0.2, 0) is 18.3 Å². The van der Waals surface area contributed by atoms with Crippen LogP contribution in [0.3, 0.4) is 0 Å². The Morgan fingerprint density at radius 1 is 1.32 bits per heavy atom. The molecule has 2 atom stereocenters. The lowest BCUT2D eigenvalue weighted by Crippen LogP contribution is -2.12. The van der Waals surface area contributed by atoms with Crippen LogP contribution in [0.2, 0.25) is 5.02 Å². The SMILES string of the molecule is Cn1ccnc1C(CC(=O)O)c1ccc(OC2CCc3cc(Cl)ccc32)cc1. The van der Waals surface area contributed by atoms with Crippen molar-refractivity contribution in [3.63, 3.8) is 0 Å². The summed E-state index contributed by atoms with van der Waals surface area (Å²) in [5, 5.41) is 10.1. The van der Waals surface area contributed by atoms with Crippen LogP contribution < -0.4 is 4.74 Å². The molecule has 1 aliphatic carbocycles. The lowest BCUT2D eigenvalue weighted by Gasteiger charge is -2.18. The Bertz CT molecular complexity index is 997. The zero-order chi connectivity index (χ0) is 19.7. The number of carboxylic acids is 1. The molecule has 0 saturated heterocycles. The topological polar surface area (TPSA) is 64.4 Å². The molecule has 1 N–H and O–H groups in total. The van der Waals surface area contributed by atoms with Crippen molar-refractivity contribution < 1.29 is 14.6 Å². The highest BCUT2D eigenvalue weighted by Crippen LogP contribution is 2.37. The van der Waals surface area contributed by atoms with Crippen molar-refractivity contribution in [3.8, 4) is 5.75 Å². The molecule has 2 aromatic carbocycles. The molecule has 1 heterocycles. The van der Waals surface area contributed by atoms with Gasteiger partial charge < -0.3 is 14.4 Å². The molecule has 0 spiro atoms. The van der Waals surface area contributed by atoms with Crippen LogP contribution in [0.15, 0.2) is 54.9 Å². The van der Waals surface area contributed by atoms with Gasteiger partial charge in [0.2, 0.25) is 0 Å². The number of aryl methyl sites for hydroxylation is 2. The Balaban J connectivity index is 1.54. The Hall–Kier alpha value is -2.79. The molecule has 0 saturated carbocycles. The van der Waals surface area contributed by atoms with Gasteiger partial charge in [0.1, 0.15) is 17.7 Å². The lowest BCUT2D eigenvalue weighted by molar-refractivity contribution is -0.137. The molecule has 5 nitrogen and oxygen atoms in total. The zero-order valence-electron chi connectivity index (χ0n) is 15.5. The van der Waals surface area contributed by atoms with Crippen LogP contribution >= 0.6 is 11.6 Å². The summed E-state index contributed by atoms with van der Waals surface area (Å²) < 4.78 is 8.05. The summed E-state index contributed by atoms with van der Waals surface area (Å²) in [4.78, 5) is 15.7. The molecule has 1 aromatic heterocycles. The van der Waals surface area contributed by atoms with Crippen molar-refractivity contribution in [2.45, 2.75) is 31.3 Å². The van der Waals surface area contributed by atoms with Gasteiger partial charge in [0, 0.05) is 24.5 Å². The first-order valence-corrected chi connectivity index (χ1v) is 9.63. The maximum absolute atomic E-state index is 11.4. The van der Waals surface area contributed by atoms with Gasteiger partial charge in [-0.3, -0.25) is 4.79 Å². The molecule has 3 aromatic rings. The summed E-state index contributed by atoms with van der Waals surface area (Å²) in [6.07, 6.45) is 5.39. The number of nitrogens with zero attached hydrogens (tertiary/aromatic N) is 2. The summed E-state index contributed by atoms with van der Waals surface area (Å²) in [6.45, 7) is 0. The first kappa shape index (κ1) is 18.6. The summed E-state index contributed by atoms with van der Waals surface area (Å²) in [5.41, 5.74) is 3.33. The number of hydrogen-bond donors (Lipinski definition) is 1. The average Bonchev–Trinajstić information content (AvgIpc) is 3.26. The van der Waals surface area contributed by atoms with E-state index in [4.69, 9.17) is 16.3 Å². The van der Waals surface area contributed by atoms with Gasteiger partial charge in [-0.05, 0) is 53.8 Å². The predicted molar refractivity (Wildman–Crippen MR) is 107 cm³/mol. The third-order valence-electron chi connectivity index (χ3n) is 5.24. The number of fused-ring (bicyclic) bond motifs is 1. The van der Waals surface area contributed by atoms with Gasteiger partial charge in [0.15, 0.2) is 0 Å². The molecule has 0 amide bonds. The number of carbonyl (C=O) groups is 1. The smallest absolute Gasteiger partial charge is 0.304 e. The normalized spacial score (nSPS) is 16.6. The average molecular weight is 397 g/mol. The second kappa shape index (κ2) is 7.68. The minimum absolute atomic E-state index is 0.0121. The number of benzene rings is 2. The first-order valence-electron chi connectivity index (χ1n) is 9.25. The van der Waals surface area contributed by atoms with Crippen LogP contribution in [-0.4, -0.2) is 20.6 Å². The van der Waals surface area contributed by atoms with Gasteiger partial charge in [-0.25, -0.2) is 4.98 Å². The van der Waals surface area contributed by atoms with E-state index < -0.39 is 5.97 Å². The quantitative estimate of drug-likeness (QED) is 0.653. The van der Waals surface area contributed by atoms with Crippen molar-refractivity contribution in [2.75, 3.05) is 0 Å². The molecule has 0 bridgehead atoms. The number of rotatable bonds is 6. The van der Waals surface area contributed by atoms with Crippen molar-refractivity contribution in [3.05, 3.63) is 82.4 Å². The maximum Gasteiger partial charge on any atom is 0.304 e. The second-order valence-corrected chi connectivity index (χ2v) is 7.54. The Morgan fingerprint density at radius 2 is 2.11 bits per heavy atom. The van der Waals surface area contributed by atoms with E-state index in [1.54, 1.807) is 6.20 Å². The minimum Gasteiger partial charge on any atom is -0.486 e. The van der Waals surface area contributed by atoms with Crippen LogP contribution in [0.4, 0.5) is 0 Å². The summed E-state index contributed by atoms with van der Waals surface area (Å²) in [6, 6.07) is 13.6. The third kappa shape index (κ3) is 3.76. The molecular formula is C22H21ClN2O3. The maximum atomic E-state index is 11.4. The Kier molecular flexibility index (Phi) is 5.09. The van der Waals surface area contributed by atoms with Crippen molar-refractivity contribution >= 4 is 17.6 Å². The number of halogens is 1. The van der Waals surface area contributed by atoms with Crippen LogP contribution in [0.25, 0.3) is 0 Å². The fraction of sp³-hybridized carbons (Fsp3) is 0.273. The Morgan fingerprint density at radius 3 is 2.79 bits per heavy atom. The minimum atomic E-state index is -0.852. The second-order valence-electron chi connectivity index (χ2n) is 7.10. The van der Waals surface area contributed by atoms with Crippen LogP contribution in [0.5, 0.6) is 5.75 Å². The summed E-state index contributed by atoms with van der Waals surface area (Å²) >= 11 is 6.08. The standard InChI is InChI=1S/C22H21ClN2O3/c1-25-11-10-24-22(25)19(13-21(26)27)14-2-6-17(7-3-14)28-20-9-4-15-12-16(23)5-8-18(15)20/h2-3,5-8,10-12,19-20H,4,9,13H2,1H3,(H,26,27). The molecule has 2 unspecified atom stereocenters. The molecular weight excluding hydrogens is 376 g/mol. The van der Waals surface area contributed by atoms with E-state index in [2.05, 4.69) is 4.98 Å². The van der Waals surface area contributed by atoms with Crippen LogP contribution in [0.1, 0.15) is 47.4 Å². The number of hydrogen-bond acceptors (Lipinski definition) is 3. The number of carboxylic acid groups (broad SMARTS) is 1. The van der Waals surface area contributed by atoms with E-state index >= 15 is 0 Å². The van der Waals surface area contributed by atoms with Gasteiger partial charge >= 0.3 is 5.97 Å². The van der Waals surface area contributed by atoms with E-state index in [0.717, 1.165) is 35.0 Å². The van der Waals surface area contributed by atoms with Crippen LogP contribution in [0, 0.1) is 0 Å². The third-order valence-corrected chi connectivity index (χ3v) is 5.47. The molecule has 0 fully saturated rings. The highest BCUT2D eigenvalue weighted by Gasteiger charge is 2.25. The van der Waals surface area contributed by atoms with E-state index in [1.807, 2.05) is 60.3 Å². The van der Waals surface area contributed by atoms with Gasteiger partial charge in [-0.2, -0.15) is 0 Å². The zero-order valence-corrected chi connectivity index (χ0v) is 16.3. The Labute approximate surface area is 168 Å². The van der Waals surface area contributed by atoms with Gasteiger partial charge in [-0.1, -0.05) is 29.8 Å². The highest BCUT2D eigenvalue weighted by atomic mass is 35.5. The monoisotopic (exact) mass is 396 g/mol. The van der Waals surface area contributed by atoms with Gasteiger partial charge in [0.05, 0.1) is 12.3 Å². The molecule has 0 aliphatic heterocycles. The number of aliphatic carboxylic acids is 1. The molecule has 6 heteroatoms. The fourth-order valence-electron chi connectivity index (χ4n) is 3.86. The number of imidazole rings is 1. The van der Waals surface area contributed by atoms with Crippen molar-refractivity contribution in [2.24, 2.45) is 7.05 Å². The number of ether oxygens (including phenoxy) is 1. The van der Waals surface area contributed by atoms with E-state index in [9.17, 15) is 9.90 Å².